The molecule has 1 aromatic rings. The molecule has 0 aliphatic heterocycles. The van der Waals surface area contributed by atoms with Crippen molar-refractivity contribution >= 4 is 21.9 Å². The predicted molar refractivity (Wildman–Crippen MR) is 61.5 cm³/mol. The van der Waals surface area contributed by atoms with Crippen LogP contribution < -0.4 is 4.74 Å². The van der Waals surface area contributed by atoms with E-state index in [9.17, 15) is 18.0 Å². The molecule has 0 spiro atoms. The van der Waals surface area contributed by atoms with E-state index in [1.807, 2.05) is 0 Å². The number of nitrogens with zero attached hydrogens (tertiary/aromatic N) is 1. The zero-order valence-electron chi connectivity index (χ0n) is 9.55. The van der Waals surface area contributed by atoms with Crippen molar-refractivity contribution in [2.45, 2.75) is 13.3 Å². The van der Waals surface area contributed by atoms with Gasteiger partial charge >= 0.3 is 12.3 Å². The van der Waals surface area contributed by atoms with E-state index in [-0.39, 0.29) is 16.6 Å². The highest BCUT2D eigenvalue weighted by Crippen LogP contribution is 2.32. The summed E-state index contributed by atoms with van der Waals surface area (Å²) in [6, 6.07) is 3.65. The Morgan fingerprint density at radius 3 is 2.58 bits per heavy atom. The largest absolute Gasteiger partial charge is 0.573 e. The van der Waals surface area contributed by atoms with E-state index in [0.29, 0.717) is 0 Å². The summed E-state index contributed by atoms with van der Waals surface area (Å²) in [4.78, 5) is 11.6. The lowest BCUT2D eigenvalue weighted by molar-refractivity contribution is -0.274. The summed E-state index contributed by atoms with van der Waals surface area (Å²) in [7, 11) is 0. The van der Waals surface area contributed by atoms with Gasteiger partial charge in [0.05, 0.1) is 12.2 Å². The Morgan fingerprint density at radius 2 is 2.11 bits per heavy atom. The molecule has 19 heavy (non-hydrogen) atoms. The predicted octanol–water partition coefficient (Wildman–Crippen LogP) is 3.40. The van der Waals surface area contributed by atoms with Crippen molar-refractivity contribution < 1.29 is 27.4 Å². The third-order valence-corrected chi connectivity index (χ3v) is 2.36. The van der Waals surface area contributed by atoms with Gasteiger partial charge in [-0.2, -0.15) is 5.26 Å². The zero-order valence-corrected chi connectivity index (χ0v) is 11.1. The van der Waals surface area contributed by atoms with E-state index in [4.69, 9.17) is 5.26 Å². The molecule has 0 radical (unpaired) electrons. The maximum absolute atomic E-state index is 12.2. The molecule has 4 nitrogen and oxygen atoms in total. The normalized spacial score (nSPS) is 10.7. The van der Waals surface area contributed by atoms with Gasteiger partial charge in [-0.05, 0) is 19.1 Å². The molecule has 0 amide bonds. The molecule has 0 saturated carbocycles. The highest BCUT2D eigenvalue weighted by molar-refractivity contribution is 9.10. The van der Waals surface area contributed by atoms with Crippen molar-refractivity contribution in [2.24, 2.45) is 0 Å². The third-order valence-electron chi connectivity index (χ3n) is 1.90. The van der Waals surface area contributed by atoms with Gasteiger partial charge in [0.1, 0.15) is 17.4 Å². The molecule has 8 heteroatoms. The van der Waals surface area contributed by atoms with Gasteiger partial charge in [-0.1, -0.05) is 15.9 Å². The van der Waals surface area contributed by atoms with Crippen LogP contribution in [0.15, 0.2) is 16.6 Å². The Bertz CT molecular complexity index is 537. The van der Waals surface area contributed by atoms with Crippen LogP contribution in [0.3, 0.4) is 0 Å². The Kier molecular flexibility index (Phi) is 4.78. The van der Waals surface area contributed by atoms with Crippen molar-refractivity contribution in [3.05, 3.63) is 27.7 Å². The monoisotopic (exact) mass is 337 g/mol. The smallest absolute Gasteiger partial charge is 0.462 e. The fraction of sp³-hybridized carbons (Fsp3) is 0.273. The van der Waals surface area contributed by atoms with E-state index in [1.54, 1.807) is 0 Å². The fourth-order valence-corrected chi connectivity index (χ4v) is 1.71. The third kappa shape index (κ3) is 4.13. The lowest BCUT2D eigenvalue weighted by atomic mass is 10.1. The first kappa shape index (κ1) is 15.3. The van der Waals surface area contributed by atoms with E-state index in [2.05, 4.69) is 25.4 Å². The number of carbonyl (C=O) groups excluding carboxylic acids is 1. The average Bonchev–Trinajstić information content (AvgIpc) is 2.26. The number of hydrogen-bond acceptors (Lipinski definition) is 4. The van der Waals surface area contributed by atoms with Gasteiger partial charge in [-0.3, -0.25) is 0 Å². The number of ether oxygens (including phenoxy) is 2. The van der Waals surface area contributed by atoms with Crippen LogP contribution in [-0.2, 0) is 4.74 Å². The molecule has 0 atom stereocenters. The molecule has 1 aromatic carbocycles. The Morgan fingerprint density at radius 1 is 1.47 bits per heavy atom. The van der Waals surface area contributed by atoms with E-state index in [1.165, 1.54) is 19.1 Å². The molecule has 0 bridgehead atoms. The topological polar surface area (TPSA) is 59.3 Å². The van der Waals surface area contributed by atoms with Gasteiger partial charge in [0, 0.05) is 4.47 Å². The molecule has 0 fully saturated rings. The Labute approximate surface area is 114 Å². The first-order valence-electron chi connectivity index (χ1n) is 4.95. The molecule has 0 unspecified atom stereocenters. The lowest BCUT2D eigenvalue weighted by Gasteiger charge is -2.13. The van der Waals surface area contributed by atoms with Crippen LogP contribution in [0.1, 0.15) is 22.8 Å². The van der Waals surface area contributed by atoms with Gasteiger partial charge in [-0.25, -0.2) is 4.79 Å². The van der Waals surface area contributed by atoms with Crippen LogP contribution in [0, 0.1) is 11.3 Å². The minimum absolute atomic E-state index is 0.0334. The molecule has 0 N–H and O–H groups in total. The lowest BCUT2D eigenvalue weighted by Crippen LogP contribution is -2.19. The van der Waals surface area contributed by atoms with Crippen molar-refractivity contribution in [3.8, 4) is 11.8 Å². The van der Waals surface area contributed by atoms with Crippen LogP contribution in [0.25, 0.3) is 0 Å². The van der Waals surface area contributed by atoms with Gasteiger partial charge in [0.15, 0.2) is 0 Å². The Hall–Kier alpha value is -1.75. The number of hydrogen-bond donors (Lipinski definition) is 0. The minimum Gasteiger partial charge on any atom is -0.462 e. The number of benzene rings is 1. The summed E-state index contributed by atoms with van der Waals surface area (Å²) in [5, 5.41) is 8.88. The van der Waals surface area contributed by atoms with Crippen molar-refractivity contribution in [1.29, 1.82) is 5.26 Å². The second kappa shape index (κ2) is 5.93. The van der Waals surface area contributed by atoms with Gasteiger partial charge in [0.25, 0.3) is 0 Å². The van der Waals surface area contributed by atoms with Gasteiger partial charge < -0.3 is 9.47 Å². The molecule has 0 aliphatic carbocycles. The second-order valence-electron chi connectivity index (χ2n) is 3.21. The number of rotatable bonds is 3. The SMILES string of the molecule is CCOC(=O)c1cc(Br)cc(OC(F)(F)F)c1C#N. The number of esters is 1. The van der Waals surface area contributed by atoms with E-state index >= 15 is 0 Å². The molecule has 0 aromatic heterocycles. The zero-order chi connectivity index (χ0) is 14.6. The minimum atomic E-state index is -4.96. The fourth-order valence-electron chi connectivity index (χ4n) is 1.27. The van der Waals surface area contributed by atoms with Crippen molar-refractivity contribution in [3.63, 3.8) is 0 Å². The van der Waals surface area contributed by atoms with Crippen LogP contribution in [0.4, 0.5) is 13.2 Å². The van der Waals surface area contributed by atoms with Crippen LogP contribution in [0.2, 0.25) is 0 Å². The van der Waals surface area contributed by atoms with Crippen LogP contribution in [0.5, 0.6) is 5.75 Å². The average molecular weight is 338 g/mol. The molecule has 0 saturated heterocycles. The first-order valence-corrected chi connectivity index (χ1v) is 5.74. The van der Waals surface area contributed by atoms with Crippen molar-refractivity contribution in [1.82, 2.24) is 0 Å². The highest BCUT2D eigenvalue weighted by atomic mass is 79.9. The number of nitriles is 1. The van der Waals surface area contributed by atoms with Gasteiger partial charge in [0.2, 0.25) is 0 Å². The summed E-state index contributed by atoms with van der Waals surface area (Å²) in [5.74, 6) is -1.65. The summed E-state index contributed by atoms with van der Waals surface area (Å²) in [5.41, 5.74) is -0.822. The summed E-state index contributed by atoms with van der Waals surface area (Å²) in [6.07, 6.45) is -4.96. The summed E-state index contributed by atoms with van der Waals surface area (Å²) in [6.45, 7) is 1.57. The Balaban J connectivity index is 3.34. The standard InChI is InChI=1S/C11H7BrF3NO3/c1-2-18-10(17)7-3-6(12)4-9(8(7)5-16)19-11(13,14)15/h3-4H,2H2,1H3. The van der Waals surface area contributed by atoms with E-state index in [0.717, 1.165) is 6.07 Å². The summed E-state index contributed by atoms with van der Waals surface area (Å²) < 4.78 is 45.2. The van der Waals surface area contributed by atoms with Crippen LogP contribution in [-0.4, -0.2) is 18.9 Å². The molecular formula is C11H7BrF3NO3. The molecular weight excluding hydrogens is 331 g/mol. The van der Waals surface area contributed by atoms with Gasteiger partial charge in [-0.15, -0.1) is 13.2 Å². The molecule has 102 valence electrons. The molecule has 1 rings (SSSR count). The summed E-state index contributed by atoms with van der Waals surface area (Å²) >= 11 is 2.94. The molecule has 0 heterocycles. The highest BCUT2D eigenvalue weighted by Gasteiger charge is 2.33. The van der Waals surface area contributed by atoms with Crippen molar-refractivity contribution in [2.75, 3.05) is 6.61 Å². The number of halogens is 4. The quantitative estimate of drug-likeness (QED) is 0.793. The van der Waals surface area contributed by atoms with E-state index < -0.39 is 23.6 Å². The maximum atomic E-state index is 12.2. The number of alkyl halides is 3. The maximum Gasteiger partial charge on any atom is 0.573 e. The number of carbonyl (C=O) groups is 1. The van der Waals surface area contributed by atoms with Crippen LogP contribution >= 0.6 is 15.9 Å². The second-order valence-corrected chi connectivity index (χ2v) is 4.12. The molecule has 0 aliphatic rings. The first-order chi connectivity index (χ1) is 8.78.